The van der Waals surface area contributed by atoms with Gasteiger partial charge < -0.3 is 162 Å². The molecule has 0 bridgehead atoms. The molecule has 122 heavy (non-hydrogen) atoms. The summed E-state index contributed by atoms with van der Waals surface area (Å²) in [6, 6.07) is -3.30. The highest BCUT2D eigenvalue weighted by Crippen LogP contribution is 2.27. The van der Waals surface area contributed by atoms with E-state index in [0.717, 1.165) is 44.9 Å². The molecule has 22 N–H and O–H groups in total. The number of hydrogen-bond donors (Lipinski definition) is 22. The first-order chi connectivity index (χ1) is 58.5. The number of rotatable bonds is 65. The second kappa shape index (κ2) is 62.5. The van der Waals surface area contributed by atoms with Crippen molar-refractivity contribution in [2.45, 2.75) is 303 Å². The van der Waals surface area contributed by atoms with E-state index in [1.807, 2.05) is 0 Å². The molecule has 0 aliphatic carbocycles. The Morgan fingerprint density at radius 2 is 0.598 bits per heavy atom. The third kappa shape index (κ3) is 43.5. The minimum absolute atomic E-state index is 0.0709. The molecule has 4 saturated heterocycles. The molecule has 15 unspecified atom stereocenters. The van der Waals surface area contributed by atoms with Crippen molar-refractivity contribution in [3.05, 3.63) is 0 Å². The average molecular weight is 1760 g/mol. The number of ether oxygens (including phenoxy) is 10. The zero-order valence-electron chi connectivity index (χ0n) is 70.9. The first-order valence-corrected chi connectivity index (χ1v) is 43.0. The van der Waals surface area contributed by atoms with Gasteiger partial charge in [0.05, 0.1) is 72.2 Å². The monoisotopic (exact) mass is 1760 g/mol. The van der Waals surface area contributed by atoms with Gasteiger partial charge in [0, 0.05) is 131 Å². The Hall–Kier alpha value is -6.67. The maximum atomic E-state index is 14.0. The number of carbonyl (C=O) groups is 11. The van der Waals surface area contributed by atoms with Crippen LogP contribution in [0.5, 0.6) is 0 Å². The van der Waals surface area contributed by atoms with Crippen LogP contribution in [0.3, 0.4) is 0 Å². The lowest BCUT2D eigenvalue weighted by Crippen LogP contribution is -2.64. The van der Waals surface area contributed by atoms with Gasteiger partial charge in [-0.15, -0.1) is 0 Å². The zero-order chi connectivity index (χ0) is 89.6. The molecule has 11 amide bonds. The van der Waals surface area contributed by atoms with Gasteiger partial charge in [-0.2, -0.15) is 0 Å². The predicted molar refractivity (Wildman–Crippen MR) is 430 cm³/mol. The van der Waals surface area contributed by atoms with Crippen LogP contribution in [0.25, 0.3) is 0 Å². The van der Waals surface area contributed by atoms with Gasteiger partial charge in [-0.25, -0.2) is 0 Å². The highest BCUT2D eigenvalue weighted by atomic mass is 16.7. The van der Waals surface area contributed by atoms with Gasteiger partial charge in [-0.1, -0.05) is 38.5 Å². The van der Waals surface area contributed by atoms with Gasteiger partial charge in [-0.3, -0.25) is 52.7 Å². The minimum atomic E-state index is -1.47. The Balaban J connectivity index is 1.30. The second-order valence-corrected chi connectivity index (χ2v) is 31.0. The summed E-state index contributed by atoms with van der Waals surface area (Å²) in [7, 11) is 0. The molecule has 704 valence electrons. The Bertz CT molecular complexity index is 2790. The maximum Gasteiger partial charge on any atom is 0.249 e. The normalized spacial score (nSPS) is 25.7. The van der Waals surface area contributed by atoms with Crippen molar-refractivity contribution in [3.63, 3.8) is 0 Å². The summed E-state index contributed by atoms with van der Waals surface area (Å²) in [6.45, 7) is 2.29. The zero-order valence-corrected chi connectivity index (χ0v) is 70.9. The topological polar surface area (TPSA) is 635 Å². The second-order valence-electron chi connectivity index (χ2n) is 31.0. The van der Waals surface area contributed by atoms with Gasteiger partial charge >= 0.3 is 0 Å². The van der Waals surface area contributed by atoms with Gasteiger partial charge in [0.2, 0.25) is 65.0 Å². The van der Waals surface area contributed by atoms with E-state index in [0.29, 0.717) is 83.6 Å². The fourth-order valence-electron chi connectivity index (χ4n) is 13.7. The third-order valence-electron chi connectivity index (χ3n) is 20.5. The number of aliphatic hydroxyl groups is 11. The van der Waals surface area contributed by atoms with Crippen molar-refractivity contribution >= 4 is 65.0 Å². The largest absolute Gasteiger partial charge is 0.394 e. The van der Waals surface area contributed by atoms with Crippen LogP contribution in [0.15, 0.2) is 0 Å². The van der Waals surface area contributed by atoms with Crippen LogP contribution >= 0.6 is 0 Å². The molecule has 4 heterocycles. The van der Waals surface area contributed by atoms with E-state index in [1.165, 1.54) is 20.8 Å². The molecule has 0 saturated carbocycles. The van der Waals surface area contributed by atoms with Crippen LogP contribution in [0.4, 0.5) is 0 Å². The van der Waals surface area contributed by atoms with Gasteiger partial charge in [0.25, 0.3) is 0 Å². The van der Waals surface area contributed by atoms with Crippen LogP contribution in [0.2, 0.25) is 0 Å². The van der Waals surface area contributed by atoms with Gasteiger partial charge in [0.15, 0.2) is 18.9 Å². The lowest BCUT2D eigenvalue weighted by Gasteiger charge is -2.42. The Morgan fingerprint density at radius 3 is 0.918 bits per heavy atom. The Labute approximate surface area is 712 Å². The minimum Gasteiger partial charge on any atom is -0.394 e. The maximum absolute atomic E-state index is 14.0. The van der Waals surface area contributed by atoms with Crippen molar-refractivity contribution in [1.29, 1.82) is 0 Å². The number of aliphatic hydroxyl groups excluding tert-OH is 11. The standard InChI is InChI=1S/C79H141N11O32/c1-50(95)87-66-72(109)69(106)56(44-92)120-76(66)116-37-15-11-21-59(99)80-31-18-34-83-62(102)27-40-113-47-79(90-65(105)24-10-8-6-4-5-7-9-14-30-86-75(112)54-26-25-53(98)55(43-91)119-54,48-114-41-28-63(103)84-35-19-32-81-60(100)22-12-16-38-117-77-67(88-51(2)96)73(110)70(107)57(45-93)121-77)49-115-42-29-64(104)85-36-20-33-82-61(101)23-13-17-39-118-78-68(89-52(3)97)74(111)71(108)58(46-94)122-78/h53-58,66-74,76-78,91-94,98,106-111H,4-49H2,1-3H3,(H,80,99)(H,81,100)(H,82,101)(H,83,102)(H,84,103)(H,85,104)(H,86,112)(H,87,95)(H,88,96)(H,89,97)(H,90,105)/t53-,54-,55+,56?,57?,58?,66?,67?,68?,69?,70?,71?,72?,73?,74?,76?,77?,78?,79?/m0/s1. The van der Waals surface area contributed by atoms with Crippen molar-refractivity contribution in [1.82, 2.24) is 58.5 Å². The molecule has 43 heteroatoms. The first kappa shape index (κ1) is 108. The summed E-state index contributed by atoms with van der Waals surface area (Å²) in [6.07, 6.45) is -7.26. The van der Waals surface area contributed by atoms with Crippen molar-refractivity contribution < 1.29 is 156 Å². The molecule has 0 aromatic carbocycles. The number of carbonyl (C=O) groups excluding carboxylic acids is 11. The van der Waals surface area contributed by atoms with Crippen molar-refractivity contribution in [3.8, 4) is 0 Å². The van der Waals surface area contributed by atoms with E-state index < -0.39 is 153 Å². The highest BCUT2D eigenvalue weighted by molar-refractivity contribution is 5.81. The number of amides is 11. The third-order valence-corrected chi connectivity index (χ3v) is 20.5. The molecule has 18 atom stereocenters. The molecule has 43 nitrogen and oxygen atoms in total. The fourth-order valence-corrected chi connectivity index (χ4v) is 13.7. The van der Waals surface area contributed by atoms with E-state index in [-0.39, 0.29) is 198 Å². The van der Waals surface area contributed by atoms with Crippen molar-refractivity contribution in [2.24, 2.45) is 0 Å². The van der Waals surface area contributed by atoms with E-state index in [9.17, 15) is 109 Å². The molecule has 4 fully saturated rings. The molecule has 0 aromatic rings. The molecule has 4 aliphatic rings. The lowest BCUT2D eigenvalue weighted by atomic mass is 9.97. The first-order valence-electron chi connectivity index (χ1n) is 43.0. The molecular weight excluding hydrogens is 1610 g/mol. The summed E-state index contributed by atoms with van der Waals surface area (Å²) in [5.74, 6) is -4.06. The SMILES string of the molecule is CC(=O)NC1C(OCCCCC(=O)NCCCNC(=O)CCOCC(COCCC(=O)NCCCNC(=O)CCCCOC2OC(CO)C(O)C(O)C2NC(C)=O)(COCCC(=O)NCCCNC(=O)CCCCOC2OC(CO)C(O)C(O)C2NC(C)=O)NC(=O)CCCCCCCCCCNC(=O)[C@@H]2CC[C@H](O)[C@@H](CO)O2)OC(CO)C(O)C1O. The summed E-state index contributed by atoms with van der Waals surface area (Å²) in [4.78, 5) is 139. The molecule has 0 spiro atoms. The Morgan fingerprint density at radius 1 is 0.311 bits per heavy atom. The van der Waals surface area contributed by atoms with Crippen LogP contribution in [0.1, 0.15) is 188 Å². The number of nitrogens with one attached hydrogen (secondary N) is 11. The van der Waals surface area contributed by atoms with Crippen LogP contribution < -0.4 is 58.5 Å². The average Bonchev–Trinajstić information content (AvgIpc) is 0.816. The number of hydrogen-bond acceptors (Lipinski definition) is 32. The quantitative estimate of drug-likeness (QED) is 0.0252. The summed E-state index contributed by atoms with van der Waals surface area (Å²) >= 11 is 0. The summed E-state index contributed by atoms with van der Waals surface area (Å²) in [5, 5.41) is 141. The predicted octanol–water partition coefficient (Wildman–Crippen LogP) is -6.15. The molecule has 0 radical (unpaired) electrons. The summed E-state index contributed by atoms with van der Waals surface area (Å²) < 4.78 is 57.8. The van der Waals surface area contributed by atoms with Gasteiger partial charge in [0.1, 0.15) is 90.8 Å². The van der Waals surface area contributed by atoms with E-state index in [1.54, 1.807) is 0 Å². The van der Waals surface area contributed by atoms with Crippen LogP contribution in [-0.2, 0) is 100 Å². The molecule has 4 rings (SSSR count). The van der Waals surface area contributed by atoms with Crippen molar-refractivity contribution in [2.75, 3.05) is 132 Å². The van der Waals surface area contributed by atoms with Crippen LogP contribution in [0, 0.1) is 0 Å². The molecular formula is C79H141N11O32. The highest BCUT2D eigenvalue weighted by Gasteiger charge is 2.48. The Kier molecular flexibility index (Phi) is 55.1. The number of unbranched alkanes of at least 4 members (excludes halogenated alkanes) is 10. The molecule has 4 aliphatic heterocycles. The fraction of sp³-hybridized carbons (Fsp3) is 0.861. The van der Waals surface area contributed by atoms with E-state index in [4.69, 9.17) is 47.4 Å². The van der Waals surface area contributed by atoms with E-state index >= 15 is 0 Å². The van der Waals surface area contributed by atoms with E-state index in [2.05, 4.69) is 58.5 Å². The smallest absolute Gasteiger partial charge is 0.249 e. The lowest BCUT2D eigenvalue weighted by molar-refractivity contribution is -0.270. The molecule has 0 aromatic heterocycles. The van der Waals surface area contributed by atoms with Gasteiger partial charge in [-0.05, 0) is 83.5 Å². The van der Waals surface area contributed by atoms with Crippen LogP contribution in [-0.4, -0.2) is 369 Å². The summed E-state index contributed by atoms with van der Waals surface area (Å²) in [5.41, 5.74) is -1.44.